The van der Waals surface area contributed by atoms with E-state index >= 15 is 0 Å². The second-order valence-electron chi connectivity index (χ2n) is 4.97. The molecule has 0 spiro atoms. The fraction of sp³-hybridized carbons (Fsp3) is 0.100. The molecule has 0 aliphatic rings. The zero-order valence-corrected chi connectivity index (χ0v) is 14.6. The van der Waals surface area contributed by atoms with Crippen molar-refractivity contribution in [3.63, 3.8) is 0 Å². The highest BCUT2D eigenvalue weighted by Gasteiger charge is 2.30. The van der Waals surface area contributed by atoms with Gasteiger partial charge in [0.05, 0.1) is 17.5 Å². The summed E-state index contributed by atoms with van der Waals surface area (Å²) in [5.41, 5.74) is 1.25. The van der Waals surface area contributed by atoms with Crippen LogP contribution in [0.4, 0.5) is 0 Å². The topological polar surface area (TPSA) is 9.23 Å². The lowest BCUT2D eigenvalue weighted by atomic mass is 10.2. The van der Waals surface area contributed by atoms with Crippen molar-refractivity contribution < 1.29 is 17.1 Å². The fourth-order valence-electron chi connectivity index (χ4n) is 2.48. The summed E-state index contributed by atoms with van der Waals surface area (Å²) in [6, 6.07) is 30.0. The van der Waals surface area contributed by atoms with E-state index in [1.807, 2.05) is 0 Å². The molecule has 118 valence electrons. The number of methoxy groups -OCH3 is 1. The molecule has 23 heavy (non-hydrogen) atoms. The minimum atomic E-state index is -0.108. The number of rotatable bonds is 5. The van der Waals surface area contributed by atoms with Crippen molar-refractivity contribution in [2.45, 2.75) is 21.3 Å². The smallest absolute Gasteiger partial charge is 0.172 e. The van der Waals surface area contributed by atoms with E-state index in [0.717, 1.165) is 0 Å². The van der Waals surface area contributed by atoms with E-state index in [1.165, 1.54) is 20.2 Å². The molecule has 0 saturated carbocycles. The molecule has 0 bridgehead atoms. The van der Waals surface area contributed by atoms with Gasteiger partial charge in [0, 0.05) is 12.7 Å². The van der Waals surface area contributed by atoms with Gasteiger partial charge in [-0.3, -0.25) is 0 Å². The molecule has 3 aromatic carbocycles. The zero-order chi connectivity index (χ0) is 15.2. The molecule has 0 heterocycles. The Labute approximate surface area is 147 Å². The lowest BCUT2D eigenvalue weighted by molar-refractivity contribution is -0.00000463. The van der Waals surface area contributed by atoms with Crippen molar-refractivity contribution in [1.82, 2.24) is 0 Å². The number of hydrogen-bond acceptors (Lipinski definition) is 1. The SMILES string of the molecule is COCc1ccccc1[S+](c1ccccc1)c1ccccc1.[Cl-]. The Hall–Kier alpha value is -1.74. The van der Waals surface area contributed by atoms with Gasteiger partial charge < -0.3 is 17.1 Å². The average Bonchev–Trinajstić information content (AvgIpc) is 2.59. The number of ether oxygens (including phenoxy) is 1. The van der Waals surface area contributed by atoms with Crippen LogP contribution in [0.25, 0.3) is 0 Å². The predicted octanol–water partition coefficient (Wildman–Crippen LogP) is 1.93. The molecular formula is C20H19ClOS. The Bertz CT molecular complexity index is 676. The normalized spacial score (nSPS) is 10.3. The van der Waals surface area contributed by atoms with Gasteiger partial charge in [-0.05, 0) is 30.3 Å². The highest BCUT2D eigenvalue weighted by atomic mass is 35.5. The molecule has 3 heteroatoms. The molecule has 0 aliphatic heterocycles. The summed E-state index contributed by atoms with van der Waals surface area (Å²) in [7, 11) is 1.64. The van der Waals surface area contributed by atoms with Gasteiger partial charge in [-0.15, -0.1) is 0 Å². The summed E-state index contributed by atoms with van der Waals surface area (Å²) in [6.45, 7) is 0.638. The first-order valence-electron chi connectivity index (χ1n) is 7.31. The molecule has 1 nitrogen and oxygen atoms in total. The van der Waals surface area contributed by atoms with E-state index in [4.69, 9.17) is 4.74 Å². The summed E-state index contributed by atoms with van der Waals surface area (Å²) >= 11 is 0. The van der Waals surface area contributed by atoms with E-state index < -0.39 is 0 Å². The maximum absolute atomic E-state index is 5.39. The van der Waals surface area contributed by atoms with Crippen molar-refractivity contribution in [2.24, 2.45) is 0 Å². The van der Waals surface area contributed by atoms with E-state index in [9.17, 15) is 0 Å². The molecule has 0 radical (unpaired) electrons. The first-order valence-corrected chi connectivity index (χ1v) is 8.54. The Morgan fingerprint density at radius 2 is 1.17 bits per heavy atom. The van der Waals surface area contributed by atoms with Gasteiger partial charge >= 0.3 is 0 Å². The second-order valence-corrected chi connectivity index (χ2v) is 6.97. The van der Waals surface area contributed by atoms with Crippen LogP contribution >= 0.6 is 0 Å². The quantitative estimate of drug-likeness (QED) is 0.644. The zero-order valence-electron chi connectivity index (χ0n) is 13.0. The first kappa shape index (κ1) is 17.6. The van der Waals surface area contributed by atoms with Crippen molar-refractivity contribution in [3.8, 4) is 0 Å². The molecule has 3 rings (SSSR count). The van der Waals surface area contributed by atoms with Gasteiger partial charge in [0.1, 0.15) is 0 Å². The van der Waals surface area contributed by atoms with Crippen molar-refractivity contribution in [2.75, 3.05) is 7.11 Å². The molecular weight excluding hydrogens is 324 g/mol. The Morgan fingerprint density at radius 1 is 0.696 bits per heavy atom. The summed E-state index contributed by atoms with van der Waals surface area (Å²) in [5, 5.41) is 0. The molecule has 0 aliphatic carbocycles. The Kier molecular flexibility index (Phi) is 6.72. The number of halogens is 1. The van der Waals surface area contributed by atoms with Crippen LogP contribution in [0.5, 0.6) is 0 Å². The van der Waals surface area contributed by atoms with E-state index in [0.29, 0.717) is 6.61 Å². The van der Waals surface area contributed by atoms with Crippen LogP contribution in [-0.2, 0) is 22.2 Å². The largest absolute Gasteiger partial charge is 1.00 e. The monoisotopic (exact) mass is 342 g/mol. The van der Waals surface area contributed by atoms with Crippen LogP contribution in [0.3, 0.4) is 0 Å². The second kappa shape index (κ2) is 8.78. The highest BCUT2D eigenvalue weighted by Crippen LogP contribution is 2.33. The highest BCUT2D eigenvalue weighted by molar-refractivity contribution is 7.97. The fourth-order valence-corrected chi connectivity index (χ4v) is 4.72. The third-order valence-corrected chi connectivity index (χ3v) is 5.78. The summed E-state index contributed by atoms with van der Waals surface area (Å²) in [4.78, 5) is 4.00. The lowest BCUT2D eigenvalue weighted by Crippen LogP contribution is -3.00. The Morgan fingerprint density at radius 3 is 1.70 bits per heavy atom. The molecule has 3 aromatic rings. The van der Waals surface area contributed by atoms with E-state index in [-0.39, 0.29) is 23.3 Å². The molecule has 0 atom stereocenters. The van der Waals surface area contributed by atoms with Gasteiger partial charge in [-0.25, -0.2) is 0 Å². The van der Waals surface area contributed by atoms with E-state index in [2.05, 4.69) is 84.9 Å². The van der Waals surface area contributed by atoms with Gasteiger partial charge in [0.2, 0.25) is 0 Å². The maximum Gasteiger partial charge on any atom is 0.172 e. The molecule has 0 N–H and O–H groups in total. The average molecular weight is 343 g/mol. The lowest BCUT2D eigenvalue weighted by Gasteiger charge is -2.11. The molecule has 0 unspecified atom stereocenters. The van der Waals surface area contributed by atoms with Crippen LogP contribution < -0.4 is 12.4 Å². The van der Waals surface area contributed by atoms with Gasteiger partial charge in [-0.1, -0.05) is 54.6 Å². The van der Waals surface area contributed by atoms with Crippen LogP contribution in [-0.4, -0.2) is 7.11 Å². The minimum Gasteiger partial charge on any atom is -1.00 e. The number of hydrogen-bond donors (Lipinski definition) is 0. The molecule has 0 amide bonds. The van der Waals surface area contributed by atoms with Crippen molar-refractivity contribution >= 4 is 10.9 Å². The minimum absolute atomic E-state index is 0. The van der Waals surface area contributed by atoms with Crippen molar-refractivity contribution in [3.05, 3.63) is 90.5 Å². The standard InChI is InChI=1S/C20H19OS.ClH/c1-21-16-17-10-8-9-15-20(17)22(18-11-4-2-5-12-18)19-13-6-3-7-14-19;/h2-15H,16H2,1H3;1H/q+1;/p-1. The number of benzene rings is 3. The Balaban J connectivity index is 0.00000192. The van der Waals surface area contributed by atoms with Gasteiger partial charge in [0.15, 0.2) is 14.7 Å². The third-order valence-electron chi connectivity index (χ3n) is 3.45. The van der Waals surface area contributed by atoms with Gasteiger partial charge in [0.25, 0.3) is 0 Å². The first-order chi connectivity index (χ1) is 10.9. The molecule has 0 fully saturated rings. The maximum atomic E-state index is 5.39. The summed E-state index contributed by atoms with van der Waals surface area (Å²) < 4.78 is 5.39. The van der Waals surface area contributed by atoms with Gasteiger partial charge in [-0.2, -0.15) is 0 Å². The predicted molar refractivity (Wildman–Crippen MR) is 92.2 cm³/mol. The van der Waals surface area contributed by atoms with Crippen LogP contribution in [0, 0.1) is 0 Å². The molecule has 0 saturated heterocycles. The van der Waals surface area contributed by atoms with Crippen LogP contribution in [0.1, 0.15) is 5.56 Å². The summed E-state index contributed by atoms with van der Waals surface area (Å²) in [6.07, 6.45) is 0. The summed E-state index contributed by atoms with van der Waals surface area (Å²) in [5.74, 6) is 0. The van der Waals surface area contributed by atoms with Crippen LogP contribution in [0.15, 0.2) is 99.6 Å². The van der Waals surface area contributed by atoms with Crippen LogP contribution in [0.2, 0.25) is 0 Å². The third kappa shape index (κ3) is 4.17. The van der Waals surface area contributed by atoms with Crippen molar-refractivity contribution in [1.29, 1.82) is 0 Å². The van der Waals surface area contributed by atoms with E-state index in [1.54, 1.807) is 7.11 Å². The molecule has 0 aromatic heterocycles.